The first-order chi connectivity index (χ1) is 11.8. The first-order valence-electron chi connectivity index (χ1n) is 8.59. The molecule has 2 heteroatoms. The molecule has 2 nitrogen and oxygen atoms in total. The Kier molecular flexibility index (Phi) is 5.17. The molecule has 0 radical (unpaired) electrons. The standard InChI is InChI=1S/C22H24N2/c1-3-17-5-9-19(10-6-17)23-21-13-15-22(16-14-21)24-20-11-7-18(4-2)8-12-20/h5-16,23-24H,3-4H2,1-2H3. The number of benzene rings is 3. The van der Waals surface area contributed by atoms with Crippen LogP contribution in [0.5, 0.6) is 0 Å². The molecular weight excluding hydrogens is 292 g/mol. The first kappa shape index (κ1) is 16.1. The van der Waals surface area contributed by atoms with E-state index in [9.17, 15) is 0 Å². The van der Waals surface area contributed by atoms with Crippen molar-refractivity contribution in [3.8, 4) is 0 Å². The maximum absolute atomic E-state index is 3.43. The summed E-state index contributed by atoms with van der Waals surface area (Å²) >= 11 is 0. The second kappa shape index (κ2) is 7.69. The minimum absolute atomic E-state index is 1.07. The summed E-state index contributed by atoms with van der Waals surface area (Å²) in [5.41, 5.74) is 7.12. The van der Waals surface area contributed by atoms with Crippen molar-refractivity contribution in [2.24, 2.45) is 0 Å². The lowest BCUT2D eigenvalue weighted by atomic mass is 10.1. The molecule has 122 valence electrons. The highest BCUT2D eigenvalue weighted by Gasteiger charge is 1.98. The lowest BCUT2D eigenvalue weighted by molar-refractivity contribution is 1.14. The average Bonchev–Trinajstić information content (AvgIpc) is 2.65. The number of hydrogen-bond acceptors (Lipinski definition) is 2. The van der Waals surface area contributed by atoms with Crippen LogP contribution >= 0.6 is 0 Å². The quantitative estimate of drug-likeness (QED) is 0.557. The molecule has 0 bridgehead atoms. The van der Waals surface area contributed by atoms with Crippen molar-refractivity contribution >= 4 is 22.7 Å². The van der Waals surface area contributed by atoms with E-state index in [1.807, 2.05) is 0 Å². The molecule has 3 aromatic carbocycles. The normalized spacial score (nSPS) is 10.4. The molecule has 0 saturated carbocycles. The molecule has 0 aliphatic rings. The van der Waals surface area contributed by atoms with Crippen molar-refractivity contribution in [2.75, 3.05) is 10.6 Å². The van der Waals surface area contributed by atoms with Gasteiger partial charge in [0.05, 0.1) is 0 Å². The number of aryl methyl sites for hydroxylation is 2. The minimum atomic E-state index is 1.07. The Balaban J connectivity index is 1.63. The molecule has 0 heterocycles. The zero-order valence-electron chi connectivity index (χ0n) is 14.3. The van der Waals surface area contributed by atoms with Gasteiger partial charge in [0, 0.05) is 22.7 Å². The fourth-order valence-corrected chi connectivity index (χ4v) is 2.62. The summed E-state index contributed by atoms with van der Waals surface area (Å²) in [6.45, 7) is 4.34. The van der Waals surface area contributed by atoms with Crippen LogP contribution in [0, 0.1) is 0 Å². The number of anilines is 4. The van der Waals surface area contributed by atoms with Crippen molar-refractivity contribution in [1.82, 2.24) is 0 Å². The minimum Gasteiger partial charge on any atom is -0.356 e. The van der Waals surface area contributed by atoms with E-state index in [2.05, 4.69) is 97.3 Å². The third-order valence-electron chi connectivity index (χ3n) is 4.19. The third-order valence-corrected chi connectivity index (χ3v) is 4.19. The van der Waals surface area contributed by atoms with Crippen molar-refractivity contribution in [2.45, 2.75) is 26.7 Å². The summed E-state index contributed by atoms with van der Waals surface area (Å²) in [6, 6.07) is 25.5. The Labute approximate surface area is 144 Å². The van der Waals surface area contributed by atoms with E-state index in [0.29, 0.717) is 0 Å². The van der Waals surface area contributed by atoms with Gasteiger partial charge >= 0.3 is 0 Å². The van der Waals surface area contributed by atoms with Gasteiger partial charge in [0.1, 0.15) is 0 Å². The highest BCUT2D eigenvalue weighted by molar-refractivity contribution is 5.66. The zero-order valence-corrected chi connectivity index (χ0v) is 14.3. The molecule has 0 fully saturated rings. The van der Waals surface area contributed by atoms with E-state index in [0.717, 1.165) is 35.6 Å². The van der Waals surface area contributed by atoms with Gasteiger partial charge in [-0.1, -0.05) is 38.1 Å². The molecule has 0 aliphatic carbocycles. The van der Waals surface area contributed by atoms with Crippen LogP contribution in [0.15, 0.2) is 72.8 Å². The van der Waals surface area contributed by atoms with Gasteiger partial charge in [-0.05, 0) is 72.5 Å². The van der Waals surface area contributed by atoms with Crippen LogP contribution in [0.3, 0.4) is 0 Å². The van der Waals surface area contributed by atoms with Crippen LogP contribution in [-0.4, -0.2) is 0 Å². The number of hydrogen-bond donors (Lipinski definition) is 2. The first-order valence-corrected chi connectivity index (χ1v) is 8.59. The van der Waals surface area contributed by atoms with Gasteiger partial charge in [0.25, 0.3) is 0 Å². The zero-order chi connectivity index (χ0) is 16.8. The van der Waals surface area contributed by atoms with Gasteiger partial charge in [-0.3, -0.25) is 0 Å². The summed E-state index contributed by atoms with van der Waals surface area (Å²) in [7, 11) is 0. The van der Waals surface area contributed by atoms with Crippen molar-refractivity contribution in [3.05, 3.63) is 83.9 Å². The van der Waals surface area contributed by atoms with Crippen LogP contribution in [0.1, 0.15) is 25.0 Å². The summed E-state index contributed by atoms with van der Waals surface area (Å²) in [5, 5.41) is 6.87. The molecule has 0 unspecified atom stereocenters. The Morgan fingerprint density at radius 2 is 0.708 bits per heavy atom. The highest BCUT2D eigenvalue weighted by Crippen LogP contribution is 2.22. The number of nitrogens with one attached hydrogen (secondary N) is 2. The lowest BCUT2D eigenvalue weighted by Crippen LogP contribution is -1.93. The second-order valence-corrected chi connectivity index (χ2v) is 5.93. The van der Waals surface area contributed by atoms with E-state index < -0.39 is 0 Å². The van der Waals surface area contributed by atoms with Crippen LogP contribution in [0.25, 0.3) is 0 Å². The van der Waals surface area contributed by atoms with Gasteiger partial charge in [0.2, 0.25) is 0 Å². The van der Waals surface area contributed by atoms with E-state index >= 15 is 0 Å². The summed E-state index contributed by atoms with van der Waals surface area (Å²) in [5.74, 6) is 0. The van der Waals surface area contributed by atoms with Gasteiger partial charge in [0.15, 0.2) is 0 Å². The Morgan fingerprint density at radius 3 is 0.958 bits per heavy atom. The molecular formula is C22H24N2. The van der Waals surface area contributed by atoms with E-state index in [1.165, 1.54) is 11.1 Å². The fourth-order valence-electron chi connectivity index (χ4n) is 2.62. The van der Waals surface area contributed by atoms with Crippen LogP contribution in [-0.2, 0) is 12.8 Å². The van der Waals surface area contributed by atoms with Crippen LogP contribution < -0.4 is 10.6 Å². The number of rotatable bonds is 6. The van der Waals surface area contributed by atoms with Gasteiger partial charge in [-0.25, -0.2) is 0 Å². The molecule has 0 aliphatic heterocycles. The van der Waals surface area contributed by atoms with Crippen LogP contribution in [0.4, 0.5) is 22.7 Å². The molecule has 0 atom stereocenters. The topological polar surface area (TPSA) is 24.1 Å². The van der Waals surface area contributed by atoms with Crippen molar-refractivity contribution in [1.29, 1.82) is 0 Å². The highest BCUT2D eigenvalue weighted by atomic mass is 14.9. The molecule has 0 aromatic heterocycles. The molecule has 2 N–H and O–H groups in total. The molecule has 0 spiro atoms. The predicted molar refractivity (Wildman–Crippen MR) is 105 cm³/mol. The fraction of sp³-hybridized carbons (Fsp3) is 0.182. The summed E-state index contributed by atoms with van der Waals surface area (Å²) in [4.78, 5) is 0. The second-order valence-electron chi connectivity index (χ2n) is 5.93. The monoisotopic (exact) mass is 316 g/mol. The van der Waals surface area contributed by atoms with E-state index in [-0.39, 0.29) is 0 Å². The molecule has 0 amide bonds. The Morgan fingerprint density at radius 1 is 0.458 bits per heavy atom. The largest absolute Gasteiger partial charge is 0.356 e. The van der Waals surface area contributed by atoms with Gasteiger partial charge in [-0.15, -0.1) is 0 Å². The molecule has 3 aromatic rings. The molecule has 3 rings (SSSR count). The summed E-state index contributed by atoms with van der Waals surface area (Å²) in [6.07, 6.45) is 2.14. The van der Waals surface area contributed by atoms with Crippen molar-refractivity contribution in [3.63, 3.8) is 0 Å². The summed E-state index contributed by atoms with van der Waals surface area (Å²) < 4.78 is 0. The SMILES string of the molecule is CCc1ccc(Nc2ccc(Nc3ccc(CC)cc3)cc2)cc1. The average molecular weight is 316 g/mol. The molecule has 24 heavy (non-hydrogen) atoms. The van der Waals surface area contributed by atoms with E-state index in [1.54, 1.807) is 0 Å². The Bertz CT molecular complexity index is 688. The third kappa shape index (κ3) is 4.17. The molecule has 0 saturated heterocycles. The maximum Gasteiger partial charge on any atom is 0.0385 e. The lowest BCUT2D eigenvalue weighted by Gasteiger charge is -2.10. The smallest absolute Gasteiger partial charge is 0.0385 e. The van der Waals surface area contributed by atoms with Gasteiger partial charge in [-0.2, -0.15) is 0 Å². The maximum atomic E-state index is 3.43. The van der Waals surface area contributed by atoms with Crippen LogP contribution in [0.2, 0.25) is 0 Å². The van der Waals surface area contributed by atoms with Crippen molar-refractivity contribution < 1.29 is 0 Å². The Hall–Kier alpha value is -2.74. The van der Waals surface area contributed by atoms with E-state index in [4.69, 9.17) is 0 Å². The van der Waals surface area contributed by atoms with Gasteiger partial charge < -0.3 is 10.6 Å². The predicted octanol–water partition coefficient (Wildman–Crippen LogP) is 6.30.